The molecule has 29 heavy (non-hydrogen) atoms. The van der Waals surface area contributed by atoms with Crippen molar-refractivity contribution in [3.8, 4) is 0 Å². The van der Waals surface area contributed by atoms with Crippen LogP contribution >= 0.6 is 0 Å². The van der Waals surface area contributed by atoms with Crippen molar-refractivity contribution in [1.82, 2.24) is 19.1 Å². The van der Waals surface area contributed by atoms with Gasteiger partial charge in [-0.05, 0) is 25.0 Å². The van der Waals surface area contributed by atoms with Gasteiger partial charge in [-0.25, -0.2) is 14.3 Å². The first-order chi connectivity index (χ1) is 13.9. The maximum absolute atomic E-state index is 13.5. The van der Waals surface area contributed by atoms with Crippen LogP contribution in [-0.2, 0) is 11.5 Å². The Balaban J connectivity index is 1.83. The van der Waals surface area contributed by atoms with Crippen molar-refractivity contribution in [2.24, 2.45) is 0 Å². The van der Waals surface area contributed by atoms with Gasteiger partial charge in [0, 0.05) is 38.5 Å². The molecule has 0 atom stereocenters. The quantitative estimate of drug-likeness (QED) is 0.490. The maximum atomic E-state index is 13.5. The van der Waals surface area contributed by atoms with Crippen LogP contribution < -0.4 is 11.2 Å². The van der Waals surface area contributed by atoms with Gasteiger partial charge in [0.15, 0.2) is 0 Å². The lowest BCUT2D eigenvalue weighted by atomic mass is 9.95. The van der Waals surface area contributed by atoms with E-state index in [1.165, 1.54) is 11.0 Å². The van der Waals surface area contributed by atoms with E-state index in [1.807, 2.05) is 10.6 Å². The third-order valence-electron chi connectivity index (χ3n) is 5.87. The van der Waals surface area contributed by atoms with Gasteiger partial charge in [-0.2, -0.15) is 0 Å². The SMILES string of the molecule is C[Si](C)(C)CCOCn1c(=O)c2cnc3[nH]ccc3c2n(C2CCCCC2)c1=O. The van der Waals surface area contributed by atoms with E-state index in [2.05, 4.69) is 29.6 Å². The molecule has 0 unspecified atom stereocenters. The van der Waals surface area contributed by atoms with Crippen molar-refractivity contribution in [3.05, 3.63) is 39.3 Å². The van der Waals surface area contributed by atoms with Crippen LogP contribution in [0.1, 0.15) is 38.1 Å². The van der Waals surface area contributed by atoms with Gasteiger partial charge in [-0.3, -0.25) is 9.36 Å². The number of pyridine rings is 1. The number of aromatic amines is 1. The third kappa shape index (κ3) is 3.96. The first-order valence-electron chi connectivity index (χ1n) is 10.6. The minimum absolute atomic E-state index is 0.00399. The number of aromatic nitrogens is 4. The fourth-order valence-electron chi connectivity index (χ4n) is 4.19. The van der Waals surface area contributed by atoms with Crippen LogP contribution in [0.4, 0.5) is 0 Å². The highest BCUT2D eigenvalue weighted by atomic mass is 28.3. The minimum Gasteiger partial charge on any atom is -0.361 e. The predicted octanol–water partition coefficient (Wildman–Crippen LogP) is 3.86. The summed E-state index contributed by atoms with van der Waals surface area (Å²) in [5.74, 6) is 0. The summed E-state index contributed by atoms with van der Waals surface area (Å²) in [6.07, 6.45) is 8.71. The molecule has 7 nitrogen and oxygen atoms in total. The molecule has 3 aromatic rings. The molecule has 0 amide bonds. The molecule has 1 N–H and O–H groups in total. The molecule has 3 heterocycles. The molecule has 0 bridgehead atoms. The van der Waals surface area contributed by atoms with Gasteiger partial charge < -0.3 is 9.72 Å². The molecule has 0 aromatic carbocycles. The van der Waals surface area contributed by atoms with E-state index in [4.69, 9.17) is 4.74 Å². The largest absolute Gasteiger partial charge is 0.361 e. The summed E-state index contributed by atoms with van der Waals surface area (Å²) in [4.78, 5) is 34.1. The van der Waals surface area contributed by atoms with Crippen molar-refractivity contribution in [1.29, 1.82) is 0 Å². The zero-order chi connectivity index (χ0) is 20.6. The molecule has 0 radical (unpaired) electrons. The molecule has 3 aromatic heterocycles. The number of hydrogen-bond acceptors (Lipinski definition) is 4. The lowest BCUT2D eigenvalue weighted by molar-refractivity contribution is 0.0803. The average molecular weight is 415 g/mol. The van der Waals surface area contributed by atoms with Crippen LogP contribution in [0.3, 0.4) is 0 Å². The summed E-state index contributed by atoms with van der Waals surface area (Å²) in [6, 6.07) is 3.00. The first-order valence-corrected chi connectivity index (χ1v) is 14.3. The van der Waals surface area contributed by atoms with Gasteiger partial charge in [-0.15, -0.1) is 0 Å². The van der Waals surface area contributed by atoms with E-state index in [0.29, 0.717) is 23.2 Å². The Morgan fingerprint density at radius 3 is 2.66 bits per heavy atom. The number of nitrogens with zero attached hydrogens (tertiary/aromatic N) is 3. The summed E-state index contributed by atoms with van der Waals surface area (Å²) in [7, 11) is -1.24. The van der Waals surface area contributed by atoms with E-state index in [0.717, 1.165) is 37.1 Å². The molecular formula is C21H30N4O3Si. The maximum Gasteiger partial charge on any atom is 0.333 e. The minimum atomic E-state index is -1.24. The molecule has 0 saturated heterocycles. The van der Waals surface area contributed by atoms with Crippen LogP contribution in [0.15, 0.2) is 28.0 Å². The van der Waals surface area contributed by atoms with Gasteiger partial charge in [0.1, 0.15) is 12.4 Å². The number of hydrogen-bond donors (Lipinski definition) is 1. The Labute approximate surface area is 170 Å². The fourth-order valence-corrected chi connectivity index (χ4v) is 4.95. The van der Waals surface area contributed by atoms with E-state index in [9.17, 15) is 9.59 Å². The van der Waals surface area contributed by atoms with E-state index in [1.54, 1.807) is 12.4 Å². The van der Waals surface area contributed by atoms with Gasteiger partial charge in [-0.1, -0.05) is 38.9 Å². The molecule has 0 spiro atoms. The zero-order valence-corrected chi connectivity index (χ0v) is 18.5. The molecule has 1 aliphatic carbocycles. The normalized spacial score (nSPS) is 16.1. The van der Waals surface area contributed by atoms with Crippen LogP contribution in [0.2, 0.25) is 25.7 Å². The number of rotatable bonds is 6. The summed E-state index contributed by atoms with van der Waals surface area (Å²) in [5, 5.41) is 1.31. The Kier molecular flexibility index (Phi) is 5.48. The van der Waals surface area contributed by atoms with Gasteiger partial charge in [0.05, 0.1) is 10.9 Å². The zero-order valence-electron chi connectivity index (χ0n) is 17.5. The molecule has 8 heteroatoms. The highest BCUT2D eigenvalue weighted by Crippen LogP contribution is 2.31. The van der Waals surface area contributed by atoms with Crippen LogP contribution in [0.5, 0.6) is 0 Å². The number of H-pyrrole nitrogens is 1. The first kappa shape index (κ1) is 20.1. The Bertz CT molecular complexity index is 1130. The Morgan fingerprint density at radius 1 is 1.17 bits per heavy atom. The van der Waals surface area contributed by atoms with E-state index < -0.39 is 8.07 Å². The van der Waals surface area contributed by atoms with Crippen molar-refractivity contribution in [3.63, 3.8) is 0 Å². The molecule has 156 valence electrons. The highest BCUT2D eigenvalue weighted by Gasteiger charge is 2.24. The number of fused-ring (bicyclic) bond motifs is 3. The number of nitrogens with one attached hydrogen (secondary N) is 1. The van der Waals surface area contributed by atoms with Crippen molar-refractivity contribution >= 4 is 30.0 Å². The Morgan fingerprint density at radius 2 is 1.93 bits per heavy atom. The molecule has 1 aliphatic rings. The standard InChI is InChI=1S/C21H30N4O3Si/c1-29(2,3)12-11-28-14-24-20(26)17-13-23-19-16(9-10-22-19)18(17)25(21(24)27)15-7-5-4-6-8-15/h9-10,13,15H,4-8,11-12,14H2,1-3H3,(H,22,23). The second kappa shape index (κ2) is 7.91. The second-order valence-electron chi connectivity index (χ2n) is 9.29. The lowest BCUT2D eigenvalue weighted by Crippen LogP contribution is -2.42. The summed E-state index contributed by atoms with van der Waals surface area (Å²) in [5.41, 5.74) is 0.818. The highest BCUT2D eigenvalue weighted by molar-refractivity contribution is 6.76. The third-order valence-corrected chi connectivity index (χ3v) is 7.57. The van der Waals surface area contributed by atoms with Crippen LogP contribution in [0.25, 0.3) is 21.9 Å². The molecule has 0 aliphatic heterocycles. The molecule has 1 saturated carbocycles. The van der Waals surface area contributed by atoms with Crippen LogP contribution in [0, 0.1) is 0 Å². The van der Waals surface area contributed by atoms with Crippen molar-refractivity contribution in [2.75, 3.05) is 6.61 Å². The number of ether oxygens (including phenoxy) is 1. The fraction of sp³-hybridized carbons (Fsp3) is 0.571. The van der Waals surface area contributed by atoms with Crippen LogP contribution in [-0.4, -0.2) is 33.8 Å². The summed E-state index contributed by atoms with van der Waals surface area (Å²) in [6.45, 7) is 7.40. The van der Waals surface area contributed by atoms with Crippen molar-refractivity contribution in [2.45, 2.75) is 70.6 Å². The molecule has 1 fully saturated rings. The smallest absolute Gasteiger partial charge is 0.333 e. The van der Waals surface area contributed by atoms with Gasteiger partial charge in [0.25, 0.3) is 5.56 Å². The van der Waals surface area contributed by atoms with Gasteiger partial charge in [0.2, 0.25) is 0 Å². The monoisotopic (exact) mass is 414 g/mol. The lowest BCUT2D eigenvalue weighted by Gasteiger charge is -2.26. The topological polar surface area (TPSA) is 81.9 Å². The van der Waals surface area contributed by atoms with Crippen molar-refractivity contribution < 1.29 is 4.74 Å². The second-order valence-corrected chi connectivity index (χ2v) is 14.9. The molecule has 4 rings (SSSR count). The van der Waals surface area contributed by atoms with Gasteiger partial charge >= 0.3 is 5.69 Å². The predicted molar refractivity (Wildman–Crippen MR) is 118 cm³/mol. The Hall–Kier alpha value is -2.19. The van der Waals surface area contributed by atoms with E-state index >= 15 is 0 Å². The summed E-state index contributed by atoms with van der Waals surface area (Å²) < 4.78 is 8.87. The molecular weight excluding hydrogens is 384 g/mol. The summed E-state index contributed by atoms with van der Waals surface area (Å²) >= 11 is 0. The average Bonchev–Trinajstić information content (AvgIpc) is 3.16. The van der Waals surface area contributed by atoms with E-state index in [-0.39, 0.29) is 24.0 Å².